The van der Waals surface area contributed by atoms with Crippen LogP contribution in [-0.4, -0.2) is 7.11 Å². The maximum atomic E-state index is 5.32. The Labute approximate surface area is 114 Å². The molecule has 2 rings (SSSR count). The third-order valence-corrected chi connectivity index (χ3v) is 4.09. The summed E-state index contributed by atoms with van der Waals surface area (Å²) in [5.41, 5.74) is 2.34. The van der Waals surface area contributed by atoms with Gasteiger partial charge in [0.25, 0.3) is 0 Å². The molecule has 4 heteroatoms. The van der Waals surface area contributed by atoms with Crippen molar-refractivity contribution in [1.82, 2.24) is 0 Å². The summed E-state index contributed by atoms with van der Waals surface area (Å²) in [5, 5.41) is 5.52. The Hall–Kier alpha value is -1.00. The molecule has 0 aliphatic heterocycles. The number of benzene rings is 1. The minimum atomic E-state index is 0.830. The van der Waals surface area contributed by atoms with Crippen LogP contribution in [0.25, 0.3) is 0 Å². The summed E-state index contributed by atoms with van der Waals surface area (Å²) in [7, 11) is 1.69. The van der Waals surface area contributed by atoms with Crippen LogP contribution in [0.5, 0.6) is 5.75 Å². The van der Waals surface area contributed by atoms with Crippen molar-refractivity contribution in [1.29, 1.82) is 0 Å². The van der Waals surface area contributed by atoms with Crippen LogP contribution in [0.2, 0.25) is 0 Å². The quantitative estimate of drug-likeness (QED) is 0.901. The van der Waals surface area contributed by atoms with Gasteiger partial charge >= 0.3 is 0 Å². The molecule has 0 saturated heterocycles. The lowest BCUT2D eigenvalue weighted by Gasteiger charge is -2.11. The normalized spacial score (nSPS) is 10.3. The molecule has 0 spiro atoms. The van der Waals surface area contributed by atoms with Gasteiger partial charge in [-0.25, -0.2) is 0 Å². The van der Waals surface area contributed by atoms with E-state index in [1.165, 1.54) is 10.4 Å². The number of anilines is 1. The summed E-state index contributed by atoms with van der Waals surface area (Å²) in [5.74, 6) is 0.863. The highest BCUT2D eigenvalue weighted by Crippen LogP contribution is 2.29. The Balaban J connectivity index is 2.13. The molecule has 1 heterocycles. The van der Waals surface area contributed by atoms with Crippen molar-refractivity contribution in [3.63, 3.8) is 0 Å². The molecule has 0 unspecified atom stereocenters. The highest BCUT2D eigenvalue weighted by Gasteiger charge is 2.05. The Morgan fingerprint density at radius 2 is 2.18 bits per heavy atom. The molecule has 0 aliphatic carbocycles. The molecule has 0 fully saturated rings. The van der Waals surface area contributed by atoms with E-state index in [1.54, 1.807) is 18.4 Å². The zero-order chi connectivity index (χ0) is 12.3. The lowest BCUT2D eigenvalue weighted by atomic mass is 10.2. The Morgan fingerprint density at radius 3 is 2.82 bits per heavy atom. The summed E-state index contributed by atoms with van der Waals surface area (Å²) in [6.07, 6.45) is 0. The molecule has 0 aliphatic rings. The Bertz CT molecular complexity index is 510. The average molecular weight is 312 g/mol. The predicted molar refractivity (Wildman–Crippen MR) is 77.1 cm³/mol. The van der Waals surface area contributed by atoms with Gasteiger partial charge in [0.15, 0.2) is 0 Å². The van der Waals surface area contributed by atoms with Crippen LogP contribution in [0, 0.1) is 6.92 Å². The molecule has 2 aromatic rings. The lowest BCUT2D eigenvalue weighted by molar-refractivity contribution is 0.416. The first-order valence-electron chi connectivity index (χ1n) is 5.31. The van der Waals surface area contributed by atoms with E-state index in [4.69, 9.17) is 4.74 Å². The van der Waals surface area contributed by atoms with Gasteiger partial charge in [0, 0.05) is 15.9 Å². The largest absolute Gasteiger partial charge is 0.495 e. The highest BCUT2D eigenvalue weighted by molar-refractivity contribution is 9.10. The standard InChI is InChI=1S/C13H14BrNOS/c1-9-5-6-17-13(9)8-15-11-7-10(14)3-4-12(11)16-2/h3-7,15H,8H2,1-2H3. The SMILES string of the molecule is COc1ccc(Br)cc1NCc1sccc1C. The minimum absolute atomic E-state index is 0.830. The van der Waals surface area contributed by atoms with E-state index in [1.807, 2.05) is 18.2 Å². The molecule has 1 aromatic heterocycles. The molecular formula is C13H14BrNOS. The first-order chi connectivity index (χ1) is 8.20. The highest BCUT2D eigenvalue weighted by atomic mass is 79.9. The number of methoxy groups -OCH3 is 1. The average Bonchev–Trinajstić information content (AvgIpc) is 2.72. The van der Waals surface area contributed by atoms with Crippen LogP contribution in [0.3, 0.4) is 0 Å². The Kier molecular flexibility index (Phi) is 4.07. The number of thiophene rings is 1. The third-order valence-electron chi connectivity index (χ3n) is 2.57. The maximum absolute atomic E-state index is 5.32. The topological polar surface area (TPSA) is 21.3 Å². The zero-order valence-electron chi connectivity index (χ0n) is 9.79. The summed E-state index contributed by atoms with van der Waals surface area (Å²) in [6.45, 7) is 2.96. The summed E-state index contributed by atoms with van der Waals surface area (Å²) in [6, 6.07) is 8.09. The number of ether oxygens (including phenoxy) is 1. The molecule has 90 valence electrons. The van der Waals surface area contributed by atoms with E-state index < -0.39 is 0 Å². The van der Waals surface area contributed by atoms with E-state index >= 15 is 0 Å². The van der Waals surface area contributed by atoms with Crippen LogP contribution in [0.4, 0.5) is 5.69 Å². The molecule has 0 radical (unpaired) electrons. The Morgan fingerprint density at radius 1 is 1.35 bits per heavy atom. The molecule has 0 amide bonds. The van der Waals surface area contributed by atoms with Crippen molar-refractivity contribution in [2.75, 3.05) is 12.4 Å². The van der Waals surface area contributed by atoms with Crippen LogP contribution in [-0.2, 0) is 6.54 Å². The van der Waals surface area contributed by atoms with Gasteiger partial charge in [0.2, 0.25) is 0 Å². The fraction of sp³-hybridized carbons (Fsp3) is 0.231. The molecule has 1 aromatic carbocycles. The van der Waals surface area contributed by atoms with Gasteiger partial charge in [-0.15, -0.1) is 11.3 Å². The van der Waals surface area contributed by atoms with Crippen LogP contribution < -0.4 is 10.1 Å². The smallest absolute Gasteiger partial charge is 0.142 e. The van der Waals surface area contributed by atoms with Gasteiger partial charge < -0.3 is 10.1 Å². The monoisotopic (exact) mass is 311 g/mol. The number of aryl methyl sites for hydroxylation is 1. The summed E-state index contributed by atoms with van der Waals surface area (Å²) in [4.78, 5) is 1.35. The minimum Gasteiger partial charge on any atom is -0.495 e. The van der Waals surface area contributed by atoms with Gasteiger partial charge in [-0.3, -0.25) is 0 Å². The number of rotatable bonds is 4. The van der Waals surface area contributed by atoms with Crippen molar-refractivity contribution in [3.05, 3.63) is 44.6 Å². The summed E-state index contributed by atoms with van der Waals surface area (Å²) < 4.78 is 6.37. The van der Waals surface area contributed by atoms with Crippen molar-refractivity contribution in [3.8, 4) is 5.75 Å². The molecule has 0 atom stereocenters. The van der Waals surface area contributed by atoms with Gasteiger partial charge in [-0.1, -0.05) is 15.9 Å². The third kappa shape index (κ3) is 3.01. The van der Waals surface area contributed by atoms with E-state index in [0.717, 1.165) is 22.5 Å². The second-order valence-electron chi connectivity index (χ2n) is 3.72. The first-order valence-corrected chi connectivity index (χ1v) is 6.98. The van der Waals surface area contributed by atoms with E-state index in [-0.39, 0.29) is 0 Å². The van der Waals surface area contributed by atoms with E-state index in [9.17, 15) is 0 Å². The van der Waals surface area contributed by atoms with E-state index in [0.29, 0.717) is 0 Å². The number of halogens is 1. The zero-order valence-corrected chi connectivity index (χ0v) is 12.2. The number of hydrogen-bond acceptors (Lipinski definition) is 3. The van der Waals surface area contributed by atoms with Gasteiger partial charge in [-0.2, -0.15) is 0 Å². The van der Waals surface area contributed by atoms with Crippen LogP contribution >= 0.6 is 27.3 Å². The maximum Gasteiger partial charge on any atom is 0.142 e. The second kappa shape index (κ2) is 5.56. The predicted octanol–water partition coefficient (Wildman–Crippen LogP) is 4.44. The van der Waals surface area contributed by atoms with Crippen molar-refractivity contribution < 1.29 is 4.74 Å². The van der Waals surface area contributed by atoms with E-state index in [2.05, 4.69) is 39.6 Å². The van der Waals surface area contributed by atoms with Gasteiger partial charge in [-0.05, 0) is 42.1 Å². The van der Waals surface area contributed by atoms with Crippen LogP contribution in [0.1, 0.15) is 10.4 Å². The molecule has 0 bridgehead atoms. The van der Waals surface area contributed by atoms with Crippen LogP contribution in [0.15, 0.2) is 34.1 Å². The first kappa shape index (κ1) is 12.5. The van der Waals surface area contributed by atoms with Gasteiger partial charge in [0.1, 0.15) is 5.75 Å². The lowest BCUT2D eigenvalue weighted by Crippen LogP contribution is -2.00. The molecule has 2 nitrogen and oxygen atoms in total. The summed E-state index contributed by atoms with van der Waals surface area (Å²) >= 11 is 5.24. The fourth-order valence-corrected chi connectivity index (χ4v) is 2.79. The number of nitrogens with one attached hydrogen (secondary N) is 1. The molecular weight excluding hydrogens is 298 g/mol. The second-order valence-corrected chi connectivity index (χ2v) is 5.64. The molecule has 1 N–H and O–H groups in total. The molecule has 0 saturated carbocycles. The number of hydrogen-bond donors (Lipinski definition) is 1. The van der Waals surface area contributed by atoms with Crippen molar-refractivity contribution in [2.45, 2.75) is 13.5 Å². The fourth-order valence-electron chi connectivity index (χ4n) is 1.58. The molecule has 17 heavy (non-hydrogen) atoms. The van der Waals surface area contributed by atoms with Crippen molar-refractivity contribution in [2.24, 2.45) is 0 Å². The van der Waals surface area contributed by atoms with Gasteiger partial charge in [0.05, 0.1) is 12.8 Å². The van der Waals surface area contributed by atoms with Crippen molar-refractivity contribution >= 4 is 33.0 Å².